The van der Waals surface area contributed by atoms with Crippen molar-refractivity contribution in [2.75, 3.05) is 0 Å². The number of rotatable bonds is 0. The molecule has 1 aliphatic heterocycles. The van der Waals surface area contributed by atoms with Gasteiger partial charge in [-0.3, -0.25) is 0 Å². The van der Waals surface area contributed by atoms with Crippen LogP contribution in [0.1, 0.15) is 0 Å². The second-order valence-electron chi connectivity index (χ2n) is 5.04. The van der Waals surface area contributed by atoms with Gasteiger partial charge in [0.25, 0.3) is 0 Å². The van der Waals surface area contributed by atoms with E-state index in [1.54, 1.807) is 0 Å². The minimum absolute atomic E-state index is 0.735. The predicted molar refractivity (Wildman–Crippen MR) is 90.5 cm³/mol. The summed E-state index contributed by atoms with van der Waals surface area (Å²) in [5, 5.41) is 0. The van der Waals surface area contributed by atoms with Gasteiger partial charge in [0.05, 0.1) is 0 Å². The SMILES string of the molecule is [B]c1ccc2c(c1)-c1ccccc1-c1cc(Br)ccc1O2. The molecule has 0 aliphatic carbocycles. The minimum atomic E-state index is 0.735. The summed E-state index contributed by atoms with van der Waals surface area (Å²) in [5.74, 6) is 1.69. The van der Waals surface area contributed by atoms with Gasteiger partial charge in [0, 0.05) is 15.6 Å². The normalized spacial score (nSPS) is 11.7. The molecule has 3 heteroatoms. The topological polar surface area (TPSA) is 9.23 Å². The third-order valence-corrected chi connectivity index (χ3v) is 4.17. The smallest absolute Gasteiger partial charge is 0.135 e. The van der Waals surface area contributed by atoms with E-state index in [9.17, 15) is 0 Å². The Balaban J connectivity index is 2.11. The van der Waals surface area contributed by atoms with Gasteiger partial charge in [-0.15, -0.1) is 0 Å². The molecule has 0 saturated heterocycles. The molecule has 0 N–H and O–H groups in total. The lowest BCUT2D eigenvalue weighted by Crippen LogP contribution is -2.01. The molecule has 3 aromatic carbocycles. The van der Waals surface area contributed by atoms with Crippen LogP contribution in [-0.4, -0.2) is 7.85 Å². The van der Waals surface area contributed by atoms with E-state index in [2.05, 4.69) is 34.1 Å². The molecule has 1 aliphatic rings. The zero-order valence-electron chi connectivity index (χ0n) is 11.1. The average molecular weight is 333 g/mol. The van der Waals surface area contributed by atoms with Gasteiger partial charge < -0.3 is 4.74 Å². The molecule has 4 rings (SSSR count). The lowest BCUT2D eigenvalue weighted by Gasteiger charge is -2.09. The first-order valence-electron chi connectivity index (χ1n) is 6.69. The number of fused-ring (bicyclic) bond motifs is 5. The Bertz CT molecular complexity index is 787. The first kappa shape index (κ1) is 12.7. The van der Waals surface area contributed by atoms with Crippen molar-refractivity contribution in [3.05, 3.63) is 65.1 Å². The fraction of sp³-hybridized carbons (Fsp3) is 0. The number of halogens is 1. The van der Waals surface area contributed by atoms with Gasteiger partial charge in [0.2, 0.25) is 0 Å². The molecular weight excluding hydrogens is 323 g/mol. The highest BCUT2D eigenvalue weighted by Gasteiger charge is 2.20. The van der Waals surface area contributed by atoms with E-state index >= 15 is 0 Å². The molecule has 0 saturated carbocycles. The van der Waals surface area contributed by atoms with Gasteiger partial charge in [-0.2, -0.15) is 0 Å². The van der Waals surface area contributed by atoms with Crippen LogP contribution in [0.25, 0.3) is 22.3 Å². The summed E-state index contributed by atoms with van der Waals surface area (Å²) in [7, 11) is 5.96. The third kappa shape index (κ3) is 2.09. The Labute approximate surface area is 133 Å². The van der Waals surface area contributed by atoms with Crippen molar-refractivity contribution in [3.63, 3.8) is 0 Å². The van der Waals surface area contributed by atoms with Crippen molar-refractivity contribution in [3.8, 4) is 33.8 Å². The van der Waals surface area contributed by atoms with E-state index in [4.69, 9.17) is 12.6 Å². The molecule has 1 nitrogen and oxygen atoms in total. The Morgan fingerprint density at radius 3 is 2.05 bits per heavy atom. The standard InChI is InChI=1S/C18H10BBrO/c19-11-5-7-17-15(9-11)13-3-1-2-4-14(13)16-10-12(20)6-8-18(16)21-17/h1-10H. The highest BCUT2D eigenvalue weighted by atomic mass is 79.9. The zero-order chi connectivity index (χ0) is 14.4. The molecule has 98 valence electrons. The first-order chi connectivity index (χ1) is 10.2. The Hall–Kier alpha value is -2.00. The average Bonchev–Trinajstić information content (AvgIpc) is 2.63. The quantitative estimate of drug-likeness (QED) is 0.425. The van der Waals surface area contributed by atoms with Crippen molar-refractivity contribution in [1.82, 2.24) is 0 Å². The van der Waals surface area contributed by atoms with Crippen LogP contribution in [0.4, 0.5) is 0 Å². The zero-order valence-corrected chi connectivity index (χ0v) is 12.7. The highest BCUT2D eigenvalue weighted by Crippen LogP contribution is 2.46. The van der Waals surface area contributed by atoms with E-state index in [1.807, 2.05) is 42.5 Å². The van der Waals surface area contributed by atoms with Gasteiger partial charge in [-0.25, -0.2) is 0 Å². The largest absolute Gasteiger partial charge is 0.456 e. The molecule has 1 heterocycles. The molecule has 0 unspecified atom stereocenters. The van der Waals surface area contributed by atoms with Crippen LogP contribution in [0, 0.1) is 0 Å². The van der Waals surface area contributed by atoms with Gasteiger partial charge >= 0.3 is 0 Å². The molecule has 0 bridgehead atoms. The Morgan fingerprint density at radius 2 is 1.33 bits per heavy atom. The van der Waals surface area contributed by atoms with Crippen LogP contribution < -0.4 is 10.2 Å². The van der Waals surface area contributed by atoms with E-state index < -0.39 is 0 Å². The fourth-order valence-electron chi connectivity index (χ4n) is 2.72. The van der Waals surface area contributed by atoms with Gasteiger partial charge in [-0.05, 0) is 35.4 Å². The van der Waals surface area contributed by atoms with Crippen LogP contribution >= 0.6 is 15.9 Å². The maximum atomic E-state index is 6.12. The van der Waals surface area contributed by atoms with Crippen molar-refractivity contribution in [2.24, 2.45) is 0 Å². The fourth-order valence-corrected chi connectivity index (χ4v) is 3.08. The third-order valence-electron chi connectivity index (χ3n) is 3.67. The van der Waals surface area contributed by atoms with E-state index in [0.29, 0.717) is 0 Å². The van der Waals surface area contributed by atoms with Crippen LogP contribution in [0.2, 0.25) is 0 Å². The Kier molecular flexibility index (Phi) is 2.90. The van der Waals surface area contributed by atoms with Crippen LogP contribution in [-0.2, 0) is 0 Å². The monoisotopic (exact) mass is 332 g/mol. The number of benzene rings is 3. The maximum Gasteiger partial charge on any atom is 0.135 e. The number of hydrogen-bond donors (Lipinski definition) is 0. The van der Waals surface area contributed by atoms with Crippen molar-refractivity contribution in [2.45, 2.75) is 0 Å². The van der Waals surface area contributed by atoms with E-state index in [0.717, 1.165) is 43.7 Å². The maximum absolute atomic E-state index is 6.12. The number of ether oxygens (including phenoxy) is 1. The van der Waals surface area contributed by atoms with Crippen molar-refractivity contribution < 1.29 is 4.74 Å². The van der Waals surface area contributed by atoms with Crippen molar-refractivity contribution in [1.29, 1.82) is 0 Å². The Morgan fingerprint density at radius 1 is 0.714 bits per heavy atom. The molecule has 0 amide bonds. The van der Waals surface area contributed by atoms with Crippen LogP contribution in [0.15, 0.2) is 65.1 Å². The number of hydrogen-bond acceptors (Lipinski definition) is 1. The molecule has 21 heavy (non-hydrogen) atoms. The summed E-state index contributed by atoms with van der Waals surface area (Å²) in [6.07, 6.45) is 0. The molecule has 0 atom stereocenters. The minimum Gasteiger partial charge on any atom is -0.456 e. The summed E-state index contributed by atoms with van der Waals surface area (Å²) in [4.78, 5) is 0. The van der Waals surface area contributed by atoms with E-state index in [-0.39, 0.29) is 0 Å². The lowest BCUT2D eigenvalue weighted by atomic mass is 9.89. The lowest BCUT2D eigenvalue weighted by molar-refractivity contribution is 0.488. The second-order valence-corrected chi connectivity index (χ2v) is 5.96. The van der Waals surface area contributed by atoms with Crippen LogP contribution in [0.3, 0.4) is 0 Å². The van der Waals surface area contributed by atoms with Crippen LogP contribution in [0.5, 0.6) is 11.5 Å². The molecule has 2 radical (unpaired) electrons. The predicted octanol–water partition coefficient (Wildman–Crippen LogP) is 4.68. The van der Waals surface area contributed by atoms with Gasteiger partial charge in [0.1, 0.15) is 19.3 Å². The van der Waals surface area contributed by atoms with E-state index in [1.165, 1.54) is 0 Å². The molecule has 3 aromatic rings. The van der Waals surface area contributed by atoms with Gasteiger partial charge in [0.15, 0.2) is 0 Å². The second kappa shape index (κ2) is 4.78. The molecular formula is C18H10BBrO. The molecule has 0 aromatic heterocycles. The van der Waals surface area contributed by atoms with Gasteiger partial charge in [-0.1, -0.05) is 57.8 Å². The summed E-state index contributed by atoms with van der Waals surface area (Å²) in [5.41, 5.74) is 5.13. The highest BCUT2D eigenvalue weighted by molar-refractivity contribution is 9.10. The van der Waals surface area contributed by atoms with Crippen molar-refractivity contribution >= 4 is 29.2 Å². The molecule has 0 spiro atoms. The summed E-state index contributed by atoms with van der Waals surface area (Å²) in [6.45, 7) is 0. The molecule has 0 fully saturated rings. The summed E-state index contributed by atoms with van der Waals surface area (Å²) < 4.78 is 7.15. The summed E-state index contributed by atoms with van der Waals surface area (Å²) in [6, 6.07) is 20.1. The first-order valence-corrected chi connectivity index (χ1v) is 7.48. The summed E-state index contributed by atoms with van der Waals surface area (Å²) >= 11 is 3.54.